The van der Waals surface area contributed by atoms with Crippen LogP contribution in [0.25, 0.3) is 0 Å². The second-order valence-electron chi connectivity index (χ2n) is 3.97. The third-order valence-corrected chi connectivity index (χ3v) is 3.42. The minimum atomic E-state index is -0.403. The molecule has 0 radical (unpaired) electrons. The lowest BCUT2D eigenvalue weighted by Crippen LogP contribution is -2.15. The third kappa shape index (κ3) is 2.80. The Morgan fingerprint density at radius 2 is 2.05 bits per heavy atom. The van der Waals surface area contributed by atoms with Gasteiger partial charge >= 0.3 is 0 Å². The Kier molecular flexibility index (Phi) is 3.93. The molecule has 0 fully saturated rings. The van der Waals surface area contributed by atoms with Gasteiger partial charge in [0.05, 0.1) is 21.3 Å². The first kappa shape index (κ1) is 13.6. The summed E-state index contributed by atoms with van der Waals surface area (Å²) >= 11 is 12.2. The third-order valence-electron chi connectivity index (χ3n) is 2.62. The molecule has 1 aromatic carbocycles. The molecule has 0 aliphatic heterocycles. The highest BCUT2D eigenvalue weighted by molar-refractivity contribution is 6.40. The summed E-state index contributed by atoms with van der Waals surface area (Å²) in [5.74, 6) is -0.403. The lowest BCUT2D eigenvalue weighted by molar-refractivity contribution is 0.102. The van der Waals surface area contributed by atoms with Gasteiger partial charge in [-0.15, -0.1) is 0 Å². The Bertz CT molecular complexity index is 644. The van der Waals surface area contributed by atoms with Crippen molar-refractivity contribution < 1.29 is 4.79 Å². The van der Waals surface area contributed by atoms with Crippen LogP contribution in [0.1, 0.15) is 15.9 Å². The summed E-state index contributed by atoms with van der Waals surface area (Å²) in [4.78, 5) is 16.0. The van der Waals surface area contributed by atoms with Crippen LogP contribution in [0.5, 0.6) is 0 Å². The molecule has 0 unspecified atom stereocenters. The summed E-state index contributed by atoms with van der Waals surface area (Å²) in [6.45, 7) is 1.83. The maximum Gasteiger partial charge on any atom is 0.259 e. The summed E-state index contributed by atoms with van der Waals surface area (Å²) < 4.78 is 0. The van der Waals surface area contributed by atoms with Crippen LogP contribution in [0.3, 0.4) is 0 Å². The quantitative estimate of drug-likeness (QED) is 0.890. The van der Waals surface area contributed by atoms with Gasteiger partial charge in [-0.25, -0.2) is 0 Å². The monoisotopic (exact) mass is 295 g/mol. The zero-order chi connectivity index (χ0) is 14.0. The molecule has 3 N–H and O–H groups in total. The van der Waals surface area contributed by atoms with Crippen LogP contribution in [0.4, 0.5) is 11.4 Å². The molecule has 1 aromatic heterocycles. The molecule has 0 saturated carbocycles. The van der Waals surface area contributed by atoms with E-state index in [0.29, 0.717) is 21.4 Å². The van der Waals surface area contributed by atoms with Gasteiger partial charge in [-0.05, 0) is 24.6 Å². The van der Waals surface area contributed by atoms with E-state index >= 15 is 0 Å². The topological polar surface area (TPSA) is 68.0 Å². The van der Waals surface area contributed by atoms with Gasteiger partial charge in [-0.2, -0.15) is 0 Å². The summed E-state index contributed by atoms with van der Waals surface area (Å²) in [7, 11) is 0. The van der Waals surface area contributed by atoms with Crippen molar-refractivity contribution in [1.29, 1.82) is 0 Å². The molecular weight excluding hydrogens is 285 g/mol. The Balaban J connectivity index is 2.35. The fraction of sp³-hybridized carbons (Fsp3) is 0.0769. The molecule has 0 aliphatic rings. The number of carbonyl (C=O) groups excluding carboxylic acids is 1. The van der Waals surface area contributed by atoms with Crippen molar-refractivity contribution in [2.45, 2.75) is 6.92 Å². The average Bonchev–Trinajstić information content (AvgIpc) is 2.39. The highest BCUT2D eigenvalue weighted by atomic mass is 35.5. The van der Waals surface area contributed by atoms with Crippen LogP contribution in [0.2, 0.25) is 10.0 Å². The van der Waals surface area contributed by atoms with Gasteiger partial charge in [0.2, 0.25) is 0 Å². The maximum absolute atomic E-state index is 12.1. The molecule has 0 atom stereocenters. The first-order valence-electron chi connectivity index (χ1n) is 5.46. The van der Waals surface area contributed by atoms with Gasteiger partial charge in [0.25, 0.3) is 5.91 Å². The summed E-state index contributed by atoms with van der Waals surface area (Å²) in [6, 6.07) is 5.00. The summed E-state index contributed by atoms with van der Waals surface area (Å²) in [5, 5.41) is 3.43. The molecule has 6 heteroatoms. The van der Waals surface area contributed by atoms with Crippen LogP contribution in [0, 0.1) is 6.92 Å². The number of hydrogen-bond donors (Lipinski definition) is 2. The van der Waals surface area contributed by atoms with E-state index in [0.717, 1.165) is 5.56 Å². The normalized spacial score (nSPS) is 10.3. The van der Waals surface area contributed by atoms with E-state index in [1.807, 2.05) is 6.92 Å². The predicted molar refractivity (Wildman–Crippen MR) is 77.8 cm³/mol. The molecule has 0 saturated heterocycles. The second-order valence-corrected chi connectivity index (χ2v) is 4.76. The minimum Gasteiger partial charge on any atom is -0.398 e. The molecular formula is C13H11Cl2N3O. The molecule has 19 heavy (non-hydrogen) atoms. The van der Waals surface area contributed by atoms with Gasteiger partial charge in [-0.1, -0.05) is 29.3 Å². The number of amides is 1. The SMILES string of the molecule is Cc1ccc(Cl)c(NC(=O)c2cnccc2N)c1Cl. The van der Waals surface area contributed by atoms with Crippen molar-refractivity contribution in [1.82, 2.24) is 4.98 Å². The van der Waals surface area contributed by atoms with Gasteiger partial charge in [0, 0.05) is 18.1 Å². The standard InChI is InChI=1S/C13H11Cl2N3O/c1-7-2-3-9(14)12(11(7)15)18-13(19)8-6-17-5-4-10(8)16/h2-6H,1H3,(H2,16,17)(H,18,19). The number of nitrogens with two attached hydrogens (primary N) is 1. The number of halogens is 2. The summed E-state index contributed by atoms with van der Waals surface area (Å²) in [6.07, 6.45) is 2.90. The molecule has 1 amide bonds. The smallest absolute Gasteiger partial charge is 0.259 e. The fourth-order valence-corrected chi connectivity index (χ4v) is 2.01. The van der Waals surface area contributed by atoms with Crippen molar-refractivity contribution in [3.8, 4) is 0 Å². The average molecular weight is 296 g/mol. The van der Waals surface area contributed by atoms with Crippen LogP contribution in [-0.4, -0.2) is 10.9 Å². The number of aromatic nitrogens is 1. The van der Waals surface area contributed by atoms with E-state index in [4.69, 9.17) is 28.9 Å². The van der Waals surface area contributed by atoms with Gasteiger partial charge < -0.3 is 11.1 Å². The predicted octanol–water partition coefficient (Wildman–Crippen LogP) is 3.53. The number of hydrogen-bond acceptors (Lipinski definition) is 3. The number of aryl methyl sites for hydroxylation is 1. The molecule has 0 aliphatic carbocycles. The van der Waals surface area contributed by atoms with E-state index in [9.17, 15) is 4.79 Å². The van der Waals surface area contributed by atoms with Crippen molar-refractivity contribution in [3.05, 3.63) is 51.8 Å². The Labute approximate surface area is 120 Å². The van der Waals surface area contributed by atoms with Crippen molar-refractivity contribution in [2.24, 2.45) is 0 Å². The van der Waals surface area contributed by atoms with Crippen LogP contribution < -0.4 is 11.1 Å². The van der Waals surface area contributed by atoms with E-state index in [1.54, 1.807) is 18.2 Å². The lowest BCUT2D eigenvalue weighted by atomic mass is 10.2. The molecule has 0 spiro atoms. The van der Waals surface area contributed by atoms with E-state index in [2.05, 4.69) is 10.3 Å². The largest absolute Gasteiger partial charge is 0.398 e. The van der Waals surface area contributed by atoms with E-state index in [-0.39, 0.29) is 5.56 Å². The molecule has 4 nitrogen and oxygen atoms in total. The highest BCUT2D eigenvalue weighted by Gasteiger charge is 2.15. The number of nitrogens with zero attached hydrogens (tertiary/aromatic N) is 1. The summed E-state index contributed by atoms with van der Waals surface area (Å²) in [5.41, 5.74) is 7.52. The number of carbonyl (C=O) groups is 1. The minimum absolute atomic E-state index is 0.274. The second kappa shape index (κ2) is 5.47. The van der Waals surface area contributed by atoms with Crippen LogP contribution in [0.15, 0.2) is 30.6 Å². The van der Waals surface area contributed by atoms with Gasteiger partial charge in [0.15, 0.2) is 0 Å². The van der Waals surface area contributed by atoms with E-state index in [1.165, 1.54) is 12.4 Å². The zero-order valence-electron chi connectivity index (χ0n) is 10.1. The number of pyridine rings is 1. The van der Waals surface area contributed by atoms with Crippen LogP contribution in [-0.2, 0) is 0 Å². The number of benzene rings is 1. The lowest BCUT2D eigenvalue weighted by Gasteiger charge is -2.11. The zero-order valence-corrected chi connectivity index (χ0v) is 11.6. The highest BCUT2D eigenvalue weighted by Crippen LogP contribution is 2.33. The van der Waals surface area contributed by atoms with Crippen molar-refractivity contribution >= 4 is 40.5 Å². The van der Waals surface area contributed by atoms with Crippen LogP contribution >= 0.6 is 23.2 Å². The number of rotatable bonds is 2. The van der Waals surface area contributed by atoms with E-state index < -0.39 is 5.91 Å². The first-order chi connectivity index (χ1) is 9.00. The Hall–Kier alpha value is -1.78. The fourth-order valence-electron chi connectivity index (χ4n) is 1.55. The molecule has 0 bridgehead atoms. The maximum atomic E-state index is 12.1. The Morgan fingerprint density at radius 1 is 1.32 bits per heavy atom. The molecule has 2 aromatic rings. The van der Waals surface area contributed by atoms with Gasteiger partial charge in [0.1, 0.15) is 0 Å². The Morgan fingerprint density at radius 3 is 2.74 bits per heavy atom. The van der Waals surface area contributed by atoms with Crippen molar-refractivity contribution in [3.63, 3.8) is 0 Å². The number of nitrogens with one attached hydrogen (secondary N) is 1. The molecule has 2 rings (SSSR count). The molecule has 1 heterocycles. The number of anilines is 2. The van der Waals surface area contributed by atoms with Crippen molar-refractivity contribution in [2.75, 3.05) is 11.1 Å². The first-order valence-corrected chi connectivity index (χ1v) is 6.21. The molecule has 98 valence electrons. The number of nitrogen functional groups attached to an aromatic ring is 1. The van der Waals surface area contributed by atoms with Gasteiger partial charge in [-0.3, -0.25) is 9.78 Å².